The Morgan fingerprint density at radius 3 is 1.80 bits per heavy atom. The van der Waals surface area contributed by atoms with Crippen LogP contribution in [0.1, 0.15) is 140 Å². The molecule has 3 heterocycles. The Balaban J connectivity index is 0.00000785. The summed E-state index contributed by atoms with van der Waals surface area (Å²) in [5, 5.41) is 1.97. The van der Waals surface area contributed by atoms with Gasteiger partial charge in [0, 0.05) is 82.1 Å². The van der Waals surface area contributed by atoms with Crippen LogP contribution in [0.4, 0.5) is 22.7 Å². The number of anilines is 4. The topological polar surface area (TPSA) is 33.5 Å². The smallest absolute Gasteiger partial charge is 0.135 e. The van der Waals surface area contributed by atoms with Gasteiger partial charge in [-0.2, -0.15) is 12.1 Å². The molecule has 0 spiro atoms. The first-order valence-corrected chi connectivity index (χ1v) is 30.5. The first-order chi connectivity index (χ1) is 42.1. The number of hydrogen-bond acceptors (Lipinski definition) is 4. The second-order valence-corrected chi connectivity index (χ2v) is 28.3. The molecule has 13 rings (SSSR count). The van der Waals surface area contributed by atoms with Gasteiger partial charge in [-0.15, -0.1) is 48.1 Å². The Hall–Kier alpha value is -7.98. The molecule has 0 N–H and O–H groups in total. The van der Waals surface area contributed by atoms with Gasteiger partial charge in [0.1, 0.15) is 5.82 Å². The summed E-state index contributed by atoms with van der Waals surface area (Å²) in [7, 11) is 0. The largest absolute Gasteiger partial charge is 0.509 e. The number of benzene rings is 9. The number of aryl methyl sites for hydroxylation is 1. The summed E-state index contributed by atoms with van der Waals surface area (Å²) in [6.45, 7) is 29.4. The summed E-state index contributed by atoms with van der Waals surface area (Å²) in [6.07, 6.45) is 3.84. The van der Waals surface area contributed by atoms with Crippen molar-refractivity contribution in [3.63, 3.8) is 0 Å². The van der Waals surface area contributed by atoms with Crippen LogP contribution < -0.4 is 14.5 Å². The molecule has 2 aromatic heterocycles. The van der Waals surface area contributed by atoms with E-state index in [0.717, 1.165) is 85.2 Å². The average Bonchev–Trinajstić information content (AvgIpc) is 1.31. The molecule has 1 aliphatic heterocycles. The normalized spacial score (nSPS) is 15.3. The van der Waals surface area contributed by atoms with Gasteiger partial charge in [-0.25, -0.2) is 4.98 Å². The van der Waals surface area contributed by atoms with Crippen LogP contribution in [0.25, 0.3) is 72.1 Å². The van der Waals surface area contributed by atoms with Gasteiger partial charge in [-0.1, -0.05) is 211 Å². The minimum absolute atomic E-state index is 0. The van der Waals surface area contributed by atoms with Gasteiger partial charge in [0.15, 0.2) is 0 Å². The van der Waals surface area contributed by atoms with Crippen LogP contribution >= 0.6 is 0 Å². The quantitative estimate of drug-likeness (QED) is 0.135. The molecule has 9 aromatic carbocycles. The molecule has 87 heavy (non-hydrogen) atoms. The zero-order chi connectivity index (χ0) is 62.7. The Kier molecular flexibility index (Phi) is 14.1. The summed E-state index contributed by atoms with van der Waals surface area (Å²) in [4.78, 5) is 9.79. The molecular formula is C81H79N4OPt-3. The van der Waals surface area contributed by atoms with Crippen molar-refractivity contribution in [1.82, 2.24) is 9.55 Å². The Bertz CT molecular complexity index is 4560. The molecule has 0 radical (unpaired) electrons. The molecule has 0 amide bonds. The maximum atomic E-state index is 9.09. The van der Waals surface area contributed by atoms with Crippen LogP contribution in [0, 0.1) is 25.7 Å². The number of pyridine rings is 1. The van der Waals surface area contributed by atoms with E-state index in [9.17, 15) is 0 Å². The number of nitrogens with zero attached hydrogens (tertiary/aromatic N) is 4. The van der Waals surface area contributed by atoms with Gasteiger partial charge in [-0.05, 0) is 156 Å². The van der Waals surface area contributed by atoms with E-state index in [4.69, 9.17) is 13.8 Å². The van der Waals surface area contributed by atoms with E-state index in [2.05, 4.69) is 287 Å². The Morgan fingerprint density at radius 2 is 1.11 bits per heavy atom. The number of fused-ring (bicyclic) bond motifs is 5. The van der Waals surface area contributed by atoms with E-state index in [1.807, 2.05) is 18.2 Å². The fourth-order valence-corrected chi connectivity index (χ4v) is 13.1. The minimum atomic E-state index is -2.45. The number of aromatic nitrogens is 2. The van der Waals surface area contributed by atoms with Gasteiger partial charge in [0.2, 0.25) is 0 Å². The van der Waals surface area contributed by atoms with Crippen LogP contribution in [0.15, 0.2) is 194 Å². The molecule has 0 fully saturated rings. The predicted octanol–water partition coefficient (Wildman–Crippen LogP) is 22.2. The maximum Gasteiger partial charge on any atom is 0.135 e. The van der Waals surface area contributed by atoms with Crippen molar-refractivity contribution in [1.29, 1.82) is 0 Å². The summed E-state index contributed by atoms with van der Waals surface area (Å²) < 4.78 is 36.2. The van der Waals surface area contributed by atoms with Crippen molar-refractivity contribution in [3.8, 4) is 61.8 Å². The van der Waals surface area contributed by atoms with Crippen LogP contribution in [0.5, 0.6) is 11.5 Å². The molecule has 1 aliphatic carbocycles. The van der Waals surface area contributed by atoms with Crippen molar-refractivity contribution in [3.05, 3.63) is 246 Å². The molecule has 6 heteroatoms. The van der Waals surface area contributed by atoms with Crippen LogP contribution in [-0.2, 0) is 48.1 Å². The first-order valence-electron chi connectivity index (χ1n) is 32.0. The van der Waals surface area contributed by atoms with E-state index in [0.29, 0.717) is 22.9 Å². The predicted molar refractivity (Wildman–Crippen MR) is 362 cm³/mol. The van der Waals surface area contributed by atoms with Crippen molar-refractivity contribution in [2.75, 3.05) is 9.80 Å². The van der Waals surface area contributed by atoms with Gasteiger partial charge in [-0.3, -0.25) is 0 Å². The van der Waals surface area contributed by atoms with Crippen molar-refractivity contribution >= 4 is 44.6 Å². The zero-order valence-corrected chi connectivity index (χ0v) is 54.8. The van der Waals surface area contributed by atoms with Crippen molar-refractivity contribution < 1.29 is 29.9 Å². The average molecular weight is 1320 g/mol. The van der Waals surface area contributed by atoms with Crippen molar-refractivity contribution in [2.24, 2.45) is 0 Å². The number of rotatable bonds is 9. The third kappa shape index (κ3) is 10.9. The Labute approximate surface area is 535 Å². The molecule has 0 unspecified atom stereocenters. The third-order valence-corrected chi connectivity index (χ3v) is 18.2. The van der Waals surface area contributed by atoms with E-state index < -0.39 is 6.85 Å². The van der Waals surface area contributed by atoms with E-state index >= 15 is 0 Å². The monoisotopic (exact) mass is 1320 g/mol. The first kappa shape index (κ1) is 55.6. The molecule has 0 atom stereocenters. The van der Waals surface area contributed by atoms with Crippen LogP contribution in [0.2, 0.25) is 0 Å². The molecule has 0 bridgehead atoms. The van der Waals surface area contributed by atoms with E-state index in [1.165, 1.54) is 38.9 Å². The maximum absolute atomic E-state index is 9.09. The number of para-hydroxylation sites is 2. The van der Waals surface area contributed by atoms with Gasteiger partial charge in [0.05, 0.1) is 0 Å². The van der Waals surface area contributed by atoms with Crippen LogP contribution in [-0.4, -0.2) is 9.55 Å². The fourth-order valence-electron chi connectivity index (χ4n) is 13.1. The zero-order valence-electron chi connectivity index (χ0n) is 55.5. The van der Waals surface area contributed by atoms with Gasteiger partial charge >= 0.3 is 0 Å². The molecule has 0 saturated carbocycles. The second-order valence-electron chi connectivity index (χ2n) is 28.3. The number of ether oxygens (including phenoxy) is 1. The SMILES string of the molecule is [2H]C([2H])([2H])c1cc(-n2c3[c-]c(Oc4[c-]c(N5[CH-]N(c6c(-c7ccccc7)cc(C(C)(C)C)cc6-c6cc(-c7ccccc7)cc(C(C)(C)C)c6)c6ccccc65)ccc4)ccc3c3cc(C(C)(C)C)ccc32)ncc1-c1cccc2c1C(C)(C)CCC2(C)C.[Pt]. The van der Waals surface area contributed by atoms with Crippen LogP contribution in [0.3, 0.4) is 0 Å². The van der Waals surface area contributed by atoms with Gasteiger partial charge in [0.25, 0.3) is 0 Å². The summed E-state index contributed by atoms with van der Waals surface area (Å²) in [6, 6.07) is 74.2. The summed E-state index contributed by atoms with van der Waals surface area (Å²) in [5.74, 6) is 1.49. The Morgan fingerprint density at radius 1 is 0.506 bits per heavy atom. The summed E-state index contributed by atoms with van der Waals surface area (Å²) >= 11 is 0. The standard InChI is InChI=1S/C81H79N4O.Pt/c1-52-41-74(82-50-68(52)64-31-24-32-69-75(64)81(13,14)40-39-80(69,11)12)85-70-38-35-57(77(2,3)4)45-67(70)63-37-36-62(49-73(63)85)86-61-30-23-29-60(48-61)83-51-84(72-34-22-21-33-71(72)83)76-65(54-27-19-16-20-28-54)46-59(79(8,9)10)47-66(76)56-42-55(53-25-17-15-18-26-53)43-58(44-56)78(5,6)7;/h15-38,41-47,50-51H,39-40H2,1-14H3;/q-3;/i1D3;. The second kappa shape index (κ2) is 22.0. The molecular weight excluding hydrogens is 1240 g/mol. The molecule has 2 aliphatic rings. The summed E-state index contributed by atoms with van der Waals surface area (Å²) in [5.41, 5.74) is 19.8. The molecule has 11 aromatic rings. The minimum Gasteiger partial charge on any atom is -0.509 e. The molecule has 442 valence electrons. The van der Waals surface area contributed by atoms with E-state index in [1.54, 1.807) is 12.3 Å². The van der Waals surface area contributed by atoms with E-state index in [-0.39, 0.29) is 53.7 Å². The molecule has 5 nitrogen and oxygen atoms in total. The molecule has 0 saturated heterocycles. The third-order valence-electron chi connectivity index (χ3n) is 18.2. The fraction of sp³-hybridized carbons (Fsp3) is 0.259. The number of hydrogen-bond donors (Lipinski definition) is 0. The van der Waals surface area contributed by atoms with Gasteiger partial charge < -0.3 is 19.1 Å². The van der Waals surface area contributed by atoms with Crippen molar-refractivity contribution in [2.45, 2.75) is 137 Å².